The smallest absolute Gasteiger partial charge is 0.303 e. The summed E-state index contributed by atoms with van der Waals surface area (Å²) in [6.07, 6.45) is 12.5. The first-order valence-corrected chi connectivity index (χ1v) is 15.0. The standard InChI is InChI=1S/C11H16O2.C11H22O2.C10H20O4/c1-11(2,13-9-8-12)10-6-4-3-5-7-10;1-10(2)8-6-4-3-5-7-9-11(12)13;11-7-9-14-8-5-3-1-2-4-6-10(12)13/h3-7,12H,8-9H2,1-2H3;10H,3-9H2,1-2H3,(H,12,13);11H,1-9H2,(H,12,13). The number of hydrogen-bond acceptors (Lipinski definition) is 6. The van der Waals surface area contributed by atoms with Gasteiger partial charge in [-0.05, 0) is 44.6 Å². The van der Waals surface area contributed by atoms with Crippen molar-refractivity contribution < 1.29 is 39.5 Å². The normalized spacial score (nSPS) is 10.9. The molecule has 40 heavy (non-hydrogen) atoms. The van der Waals surface area contributed by atoms with E-state index in [0.29, 0.717) is 26.2 Å². The molecule has 0 heterocycles. The van der Waals surface area contributed by atoms with Gasteiger partial charge in [-0.3, -0.25) is 9.59 Å². The molecule has 0 aliphatic rings. The molecule has 0 atom stereocenters. The van der Waals surface area contributed by atoms with Gasteiger partial charge in [-0.1, -0.05) is 95.5 Å². The Bertz CT molecular complexity index is 691. The van der Waals surface area contributed by atoms with Gasteiger partial charge in [-0.25, -0.2) is 0 Å². The Labute approximate surface area is 243 Å². The summed E-state index contributed by atoms with van der Waals surface area (Å²) in [6, 6.07) is 10.00. The van der Waals surface area contributed by atoms with E-state index in [1.807, 2.05) is 44.2 Å². The van der Waals surface area contributed by atoms with Crippen molar-refractivity contribution in [2.75, 3.05) is 33.0 Å². The van der Waals surface area contributed by atoms with Gasteiger partial charge in [-0.15, -0.1) is 0 Å². The van der Waals surface area contributed by atoms with Gasteiger partial charge in [0.25, 0.3) is 0 Å². The molecule has 1 rings (SSSR count). The van der Waals surface area contributed by atoms with E-state index in [9.17, 15) is 9.59 Å². The predicted molar refractivity (Wildman–Crippen MR) is 161 cm³/mol. The van der Waals surface area contributed by atoms with Crippen molar-refractivity contribution in [3.05, 3.63) is 35.9 Å². The number of unbranched alkanes of at least 4 members (excludes halogenated alkanes) is 8. The van der Waals surface area contributed by atoms with E-state index < -0.39 is 11.9 Å². The average molecular weight is 571 g/mol. The summed E-state index contributed by atoms with van der Waals surface area (Å²) < 4.78 is 10.6. The SMILES string of the molecule is CC(C)(OCCO)c1ccccc1.CC(C)CCCCCCCC(=O)O.O=C(O)CCCCCCCOCCO. The largest absolute Gasteiger partial charge is 0.481 e. The monoisotopic (exact) mass is 570 g/mol. The molecule has 0 fully saturated rings. The third kappa shape index (κ3) is 30.5. The lowest BCUT2D eigenvalue weighted by molar-refractivity contribution is -0.138. The van der Waals surface area contributed by atoms with Crippen LogP contribution < -0.4 is 0 Å². The molecule has 0 saturated heterocycles. The first-order valence-electron chi connectivity index (χ1n) is 15.0. The van der Waals surface area contributed by atoms with Gasteiger partial charge in [0.15, 0.2) is 0 Å². The molecule has 1 aromatic rings. The number of aliphatic hydroxyl groups is 2. The van der Waals surface area contributed by atoms with Gasteiger partial charge >= 0.3 is 11.9 Å². The third-order valence-corrected chi connectivity index (χ3v) is 6.11. The minimum absolute atomic E-state index is 0.0657. The summed E-state index contributed by atoms with van der Waals surface area (Å²) in [6.45, 7) is 10.1. The molecule has 1 aromatic carbocycles. The van der Waals surface area contributed by atoms with Gasteiger partial charge in [0.2, 0.25) is 0 Å². The van der Waals surface area contributed by atoms with Gasteiger partial charge in [0.1, 0.15) is 0 Å². The van der Waals surface area contributed by atoms with Gasteiger partial charge < -0.3 is 29.9 Å². The molecule has 0 radical (unpaired) electrons. The highest BCUT2D eigenvalue weighted by Gasteiger charge is 2.19. The molecule has 0 amide bonds. The lowest BCUT2D eigenvalue weighted by Gasteiger charge is -2.25. The zero-order valence-electron chi connectivity index (χ0n) is 25.6. The van der Waals surface area contributed by atoms with Crippen LogP contribution in [-0.2, 0) is 24.7 Å². The van der Waals surface area contributed by atoms with E-state index in [1.165, 1.54) is 25.7 Å². The Morgan fingerprint density at radius 2 is 1.18 bits per heavy atom. The molecule has 8 nitrogen and oxygen atoms in total. The number of benzene rings is 1. The Kier molecular flexibility index (Phi) is 28.6. The number of carboxylic acids is 2. The van der Waals surface area contributed by atoms with Crippen LogP contribution in [0.3, 0.4) is 0 Å². The van der Waals surface area contributed by atoms with E-state index in [0.717, 1.165) is 56.4 Å². The summed E-state index contributed by atoms with van der Waals surface area (Å²) in [7, 11) is 0. The van der Waals surface area contributed by atoms with Crippen molar-refractivity contribution in [3.63, 3.8) is 0 Å². The molecule has 0 saturated carbocycles. The van der Waals surface area contributed by atoms with Crippen molar-refractivity contribution in [1.29, 1.82) is 0 Å². The maximum atomic E-state index is 10.2. The first kappa shape index (κ1) is 40.1. The van der Waals surface area contributed by atoms with Crippen LogP contribution in [0.1, 0.15) is 117 Å². The number of aliphatic carboxylic acids is 2. The van der Waals surface area contributed by atoms with Crippen molar-refractivity contribution in [2.45, 2.75) is 117 Å². The van der Waals surface area contributed by atoms with Crippen LogP contribution in [0.2, 0.25) is 0 Å². The number of hydrogen-bond donors (Lipinski definition) is 4. The molecule has 0 aromatic heterocycles. The Balaban J connectivity index is 0. The maximum Gasteiger partial charge on any atom is 0.303 e. The highest BCUT2D eigenvalue weighted by molar-refractivity contribution is 5.66. The fourth-order valence-corrected chi connectivity index (χ4v) is 3.76. The van der Waals surface area contributed by atoms with Crippen LogP contribution in [0.4, 0.5) is 0 Å². The molecule has 0 aliphatic heterocycles. The molecule has 8 heteroatoms. The van der Waals surface area contributed by atoms with Crippen molar-refractivity contribution >= 4 is 11.9 Å². The Hall–Kier alpha value is -2.00. The lowest BCUT2D eigenvalue weighted by atomic mass is 9.98. The molecule has 0 bridgehead atoms. The third-order valence-electron chi connectivity index (χ3n) is 6.11. The van der Waals surface area contributed by atoms with Crippen LogP contribution in [0.25, 0.3) is 0 Å². The lowest BCUT2D eigenvalue weighted by Crippen LogP contribution is -2.23. The molecular weight excluding hydrogens is 512 g/mol. The number of rotatable bonds is 22. The molecule has 0 unspecified atom stereocenters. The Morgan fingerprint density at radius 3 is 1.65 bits per heavy atom. The highest BCUT2D eigenvalue weighted by atomic mass is 16.5. The van der Waals surface area contributed by atoms with Gasteiger partial charge in [0.05, 0.1) is 32.0 Å². The molecule has 0 aliphatic carbocycles. The summed E-state index contributed by atoms with van der Waals surface area (Å²) in [5.74, 6) is -0.572. The van der Waals surface area contributed by atoms with Crippen molar-refractivity contribution in [2.24, 2.45) is 5.92 Å². The highest BCUT2D eigenvalue weighted by Crippen LogP contribution is 2.23. The summed E-state index contributed by atoms with van der Waals surface area (Å²) in [4.78, 5) is 20.3. The summed E-state index contributed by atoms with van der Waals surface area (Å²) >= 11 is 0. The second kappa shape index (κ2) is 28.5. The van der Waals surface area contributed by atoms with Crippen LogP contribution in [0, 0.1) is 5.92 Å². The van der Waals surface area contributed by atoms with Crippen molar-refractivity contribution in [1.82, 2.24) is 0 Å². The van der Waals surface area contributed by atoms with Crippen molar-refractivity contribution in [3.8, 4) is 0 Å². The maximum absolute atomic E-state index is 10.2. The topological polar surface area (TPSA) is 134 Å². The molecule has 234 valence electrons. The van der Waals surface area contributed by atoms with E-state index in [4.69, 9.17) is 29.9 Å². The van der Waals surface area contributed by atoms with Crippen LogP contribution >= 0.6 is 0 Å². The average Bonchev–Trinajstić information content (AvgIpc) is 2.91. The summed E-state index contributed by atoms with van der Waals surface area (Å²) in [5, 5.41) is 33.8. The van der Waals surface area contributed by atoms with E-state index in [1.54, 1.807) is 0 Å². The molecule has 0 spiro atoms. The zero-order chi connectivity index (χ0) is 30.5. The van der Waals surface area contributed by atoms with E-state index >= 15 is 0 Å². The minimum Gasteiger partial charge on any atom is -0.481 e. The fourth-order valence-electron chi connectivity index (χ4n) is 3.76. The Morgan fingerprint density at radius 1 is 0.700 bits per heavy atom. The van der Waals surface area contributed by atoms with E-state index in [-0.39, 0.29) is 25.2 Å². The number of aliphatic hydroxyl groups excluding tert-OH is 2. The van der Waals surface area contributed by atoms with Crippen LogP contribution in [0.15, 0.2) is 30.3 Å². The zero-order valence-corrected chi connectivity index (χ0v) is 25.6. The minimum atomic E-state index is -0.712. The quantitative estimate of drug-likeness (QED) is 0.112. The number of ether oxygens (including phenoxy) is 2. The fraction of sp³-hybridized carbons (Fsp3) is 0.750. The number of carboxylic acid groups (broad SMARTS) is 2. The molecule has 4 N–H and O–H groups in total. The second-order valence-electron chi connectivity index (χ2n) is 10.8. The molecular formula is C32H58O8. The van der Waals surface area contributed by atoms with Crippen LogP contribution in [0.5, 0.6) is 0 Å². The van der Waals surface area contributed by atoms with E-state index in [2.05, 4.69) is 13.8 Å². The number of carbonyl (C=O) groups is 2. The van der Waals surface area contributed by atoms with Gasteiger partial charge in [0, 0.05) is 19.4 Å². The van der Waals surface area contributed by atoms with Crippen LogP contribution in [-0.4, -0.2) is 65.4 Å². The first-order chi connectivity index (χ1) is 19.1. The van der Waals surface area contributed by atoms with Gasteiger partial charge in [-0.2, -0.15) is 0 Å². The summed E-state index contributed by atoms with van der Waals surface area (Å²) in [5.41, 5.74) is 0.813. The second-order valence-corrected chi connectivity index (χ2v) is 10.8. The predicted octanol–water partition coefficient (Wildman–Crippen LogP) is 6.81.